The zero-order valence-corrected chi connectivity index (χ0v) is 11.7. The molecule has 0 bridgehead atoms. The Morgan fingerprint density at radius 2 is 2.47 bits per heavy atom. The van der Waals surface area contributed by atoms with Crippen molar-refractivity contribution < 1.29 is 9.90 Å². The zero-order chi connectivity index (χ0) is 13.8. The second-order valence-corrected chi connectivity index (χ2v) is 5.19. The van der Waals surface area contributed by atoms with Crippen LogP contribution < -0.4 is 5.32 Å². The van der Waals surface area contributed by atoms with Crippen molar-refractivity contribution in [2.45, 2.75) is 13.0 Å². The van der Waals surface area contributed by atoms with Gasteiger partial charge in [0, 0.05) is 6.54 Å². The average Bonchev–Trinajstić information content (AvgIpc) is 2.88. The number of aliphatic hydroxyl groups excluding tert-OH is 1. The van der Waals surface area contributed by atoms with E-state index in [1.54, 1.807) is 22.0 Å². The molecule has 0 aromatic carbocycles. The number of carbonyl (C=O) groups excluding carboxylic acids is 1. The van der Waals surface area contributed by atoms with E-state index in [-0.39, 0.29) is 25.1 Å². The predicted octanol–water partition coefficient (Wildman–Crippen LogP) is -0.108. The van der Waals surface area contributed by atoms with Gasteiger partial charge in [0.15, 0.2) is 0 Å². The maximum atomic E-state index is 11.8. The number of hydrogen-bond donors (Lipinski definition) is 2. The Labute approximate surface area is 114 Å². The first kappa shape index (κ1) is 13.9. The topological polar surface area (TPSA) is 82.8 Å². The van der Waals surface area contributed by atoms with Gasteiger partial charge in [-0.1, -0.05) is 11.3 Å². The standard InChI is InChI=1S/C11H17N5O2S/c1-8(13-10(18)6-15(2)3-4-17)9-5-16-11(14-9)19-7-12-16/h5,7-8,17H,3-4,6H2,1-2H3,(H,13,18)/t8-/m0/s1. The molecule has 0 saturated carbocycles. The molecule has 19 heavy (non-hydrogen) atoms. The van der Waals surface area contributed by atoms with Crippen LogP contribution in [0.4, 0.5) is 0 Å². The van der Waals surface area contributed by atoms with Gasteiger partial charge in [0.1, 0.15) is 5.51 Å². The van der Waals surface area contributed by atoms with E-state index in [0.717, 1.165) is 10.7 Å². The molecule has 2 aromatic heterocycles. The van der Waals surface area contributed by atoms with Gasteiger partial charge in [-0.2, -0.15) is 5.10 Å². The molecule has 2 rings (SSSR count). The van der Waals surface area contributed by atoms with Crippen LogP contribution in [0.3, 0.4) is 0 Å². The fourth-order valence-electron chi connectivity index (χ4n) is 1.72. The van der Waals surface area contributed by atoms with Gasteiger partial charge in [-0.25, -0.2) is 9.50 Å². The molecule has 2 aromatic rings. The largest absolute Gasteiger partial charge is 0.395 e. The van der Waals surface area contributed by atoms with Gasteiger partial charge in [0.05, 0.1) is 31.1 Å². The van der Waals surface area contributed by atoms with E-state index < -0.39 is 0 Å². The summed E-state index contributed by atoms with van der Waals surface area (Å²) < 4.78 is 1.69. The van der Waals surface area contributed by atoms with Crippen LogP contribution in [0.2, 0.25) is 0 Å². The smallest absolute Gasteiger partial charge is 0.234 e. The maximum Gasteiger partial charge on any atom is 0.234 e. The molecule has 8 heteroatoms. The molecule has 0 aliphatic rings. The predicted molar refractivity (Wildman–Crippen MR) is 72.0 cm³/mol. The van der Waals surface area contributed by atoms with Gasteiger partial charge >= 0.3 is 0 Å². The number of carbonyl (C=O) groups is 1. The molecule has 104 valence electrons. The zero-order valence-electron chi connectivity index (χ0n) is 10.9. The van der Waals surface area contributed by atoms with Gasteiger partial charge in [-0.3, -0.25) is 9.69 Å². The molecular formula is C11H17N5O2S. The minimum atomic E-state index is -0.163. The van der Waals surface area contributed by atoms with Crippen molar-refractivity contribution >= 4 is 22.2 Å². The third kappa shape index (κ3) is 3.49. The number of imidazole rings is 1. The Balaban J connectivity index is 1.91. The van der Waals surface area contributed by atoms with Crippen LogP contribution in [0.15, 0.2) is 11.7 Å². The highest BCUT2D eigenvalue weighted by molar-refractivity contribution is 7.14. The van der Waals surface area contributed by atoms with E-state index in [2.05, 4.69) is 15.4 Å². The average molecular weight is 283 g/mol. The number of nitrogens with zero attached hydrogens (tertiary/aromatic N) is 4. The summed E-state index contributed by atoms with van der Waals surface area (Å²) in [5.41, 5.74) is 2.51. The normalized spacial score (nSPS) is 13.1. The fourth-order valence-corrected chi connectivity index (χ4v) is 2.33. The monoisotopic (exact) mass is 283 g/mol. The van der Waals surface area contributed by atoms with Crippen molar-refractivity contribution in [2.75, 3.05) is 26.7 Å². The van der Waals surface area contributed by atoms with E-state index in [1.165, 1.54) is 11.3 Å². The molecule has 0 fully saturated rings. The highest BCUT2D eigenvalue weighted by atomic mass is 32.1. The summed E-state index contributed by atoms with van der Waals surface area (Å²) in [7, 11) is 1.79. The lowest BCUT2D eigenvalue weighted by Crippen LogP contribution is -2.37. The minimum Gasteiger partial charge on any atom is -0.395 e. The van der Waals surface area contributed by atoms with E-state index in [9.17, 15) is 4.79 Å². The maximum absolute atomic E-state index is 11.8. The first-order chi connectivity index (χ1) is 9.10. The van der Waals surface area contributed by atoms with Crippen molar-refractivity contribution in [1.29, 1.82) is 0 Å². The number of hydrogen-bond acceptors (Lipinski definition) is 6. The molecule has 7 nitrogen and oxygen atoms in total. The first-order valence-electron chi connectivity index (χ1n) is 5.97. The van der Waals surface area contributed by atoms with Crippen molar-refractivity contribution in [3.8, 4) is 0 Å². The van der Waals surface area contributed by atoms with Crippen LogP contribution in [0.25, 0.3) is 4.96 Å². The molecule has 0 aliphatic carbocycles. The number of fused-ring (bicyclic) bond motifs is 1. The third-order valence-electron chi connectivity index (χ3n) is 2.72. The van der Waals surface area contributed by atoms with Crippen LogP contribution >= 0.6 is 11.3 Å². The Hall–Kier alpha value is -1.51. The molecule has 2 heterocycles. The van der Waals surface area contributed by atoms with Crippen molar-refractivity contribution in [3.63, 3.8) is 0 Å². The van der Waals surface area contributed by atoms with Gasteiger partial charge < -0.3 is 10.4 Å². The van der Waals surface area contributed by atoms with Crippen molar-refractivity contribution in [2.24, 2.45) is 0 Å². The SMILES string of the molecule is C[C@H](NC(=O)CN(C)CCO)c1cn2ncsc2n1. The van der Waals surface area contributed by atoms with Crippen LogP contribution in [0.5, 0.6) is 0 Å². The second-order valence-electron chi connectivity index (χ2n) is 4.38. The minimum absolute atomic E-state index is 0.0440. The number of aliphatic hydroxyl groups is 1. The summed E-state index contributed by atoms with van der Waals surface area (Å²) in [6.45, 7) is 2.66. The summed E-state index contributed by atoms with van der Waals surface area (Å²) in [4.78, 5) is 18.7. The molecule has 1 atom stereocenters. The number of amides is 1. The summed E-state index contributed by atoms with van der Waals surface area (Å²) in [5.74, 6) is -0.0900. The second kappa shape index (κ2) is 6.09. The quantitative estimate of drug-likeness (QED) is 0.773. The number of rotatable bonds is 6. The Kier molecular flexibility index (Phi) is 4.46. The van der Waals surface area contributed by atoms with Gasteiger partial charge in [-0.15, -0.1) is 0 Å². The highest BCUT2D eigenvalue weighted by Gasteiger charge is 2.14. The van der Waals surface area contributed by atoms with E-state index in [1.807, 2.05) is 13.1 Å². The summed E-state index contributed by atoms with van der Waals surface area (Å²) in [6, 6.07) is -0.163. The van der Waals surface area contributed by atoms with E-state index in [0.29, 0.717) is 6.54 Å². The Bertz CT molecular complexity index is 524. The first-order valence-corrected chi connectivity index (χ1v) is 6.85. The summed E-state index contributed by atoms with van der Waals surface area (Å²) in [5, 5.41) is 15.7. The number of aromatic nitrogens is 3. The van der Waals surface area contributed by atoms with Crippen LogP contribution in [0.1, 0.15) is 18.7 Å². The molecule has 0 saturated heterocycles. The molecule has 2 N–H and O–H groups in total. The van der Waals surface area contributed by atoms with Crippen LogP contribution in [-0.4, -0.2) is 57.3 Å². The molecule has 0 aliphatic heterocycles. The van der Waals surface area contributed by atoms with Crippen molar-refractivity contribution in [3.05, 3.63) is 17.4 Å². The molecule has 1 amide bonds. The summed E-state index contributed by atoms with van der Waals surface area (Å²) >= 11 is 1.45. The fraction of sp³-hybridized carbons (Fsp3) is 0.545. The van der Waals surface area contributed by atoms with Crippen molar-refractivity contribution in [1.82, 2.24) is 24.8 Å². The molecular weight excluding hydrogens is 266 g/mol. The van der Waals surface area contributed by atoms with Crippen LogP contribution in [0, 0.1) is 0 Å². The van der Waals surface area contributed by atoms with Gasteiger partial charge in [-0.05, 0) is 14.0 Å². The van der Waals surface area contributed by atoms with Gasteiger partial charge in [0.25, 0.3) is 0 Å². The Morgan fingerprint density at radius 3 is 3.16 bits per heavy atom. The van der Waals surface area contributed by atoms with Gasteiger partial charge in [0.2, 0.25) is 10.9 Å². The van der Waals surface area contributed by atoms with E-state index in [4.69, 9.17) is 5.11 Å². The Morgan fingerprint density at radius 1 is 1.68 bits per heavy atom. The lowest BCUT2D eigenvalue weighted by atomic mass is 10.2. The number of likely N-dealkylation sites (N-methyl/N-ethyl adjacent to an activating group) is 1. The molecule has 0 radical (unpaired) electrons. The highest BCUT2D eigenvalue weighted by Crippen LogP contribution is 2.14. The lowest BCUT2D eigenvalue weighted by Gasteiger charge is -2.17. The van der Waals surface area contributed by atoms with Crippen LogP contribution in [-0.2, 0) is 4.79 Å². The van der Waals surface area contributed by atoms with E-state index >= 15 is 0 Å². The lowest BCUT2D eigenvalue weighted by molar-refractivity contribution is -0.122. The number of nitrogens with one attached hydrogen (secondary N) is 1. The summed E-state index contributed by atoms with van der Waals surface area (Å²) in [6.07, 6.45) is 1.81. The molecule has 0 unspecified atom stereocenters. The third-order valence-corrected chi connectivity index (χ3v) is 3.41. The molecule has 0 spiro atoms.